The topological polar surface area (TPSA) is 123 Å². The molecule has 2 aliphatic rings. The quantitative estimate of drug-likeness (QED) is 0.437. The number of carbonyl (C=O) groups excluding carboxylic acids is 2. The Bertz CT molecular complexity index is 1240. The number of furan rings is 1. The van der Waals surface area contributed by atoms with Crippen LogP contribution in [0, 0.1) is 5.92 Å². The number of hydrogen-bond donors (Lipinski definition) is 3. The largest absolute Gasteiger partial charge is 0.447 e. The number of ether oxygens (including phenoxy) is 1. The van der Waals surface area contributed by atoms with Gasteiger partial charge in [-0.25, -0.2) is 0 Å². The second-order valence-corrected chi connectivity index (χ2v) is 9.45. The lowest BCUT2D eigenvalue weighted by Crippen LogP contribution is -2.49. The highest BCUT2D eigenvalue weighted by atomic mass is 35.5. The summed E-state index contributed by atoms with van der Waals surface area (Å²) >= 11 is 5.99. The molecule has 1 aliphatic heterocycles. The van der Waals surface area contributed by atoms with Crippen LogP contribution in [0.15, 0.2) is 40.9 Å². The van der Waals surface area contributed by atoms with Gasteiger partial charge in [-0.2, -0.15) is 0 Å². The molecule has 4 N–H and O–H groups in total. The van der Waals surface area contributed by atoms with Crippen LogP contribution in [0.2, 0.25) is 5.02 Å². The SMILES string of the molecule is Nc1cc(NC(=O)c2oc3cccnc3c2NCC2CCC(N3CCOCC3=O)CC2)ccc1Cl. The van der Waals surface area contributed by atoms with E-state index in [1.807, 2.05) is 4.90 Å². The standard InChI is InChI=1S/C25H28ClN5O4/c26-18-8-5-16(12-19(18)27)30-25(33)24-23(22-20(35-24)2-1-9-28-22)29-13-15-3-6-17(7-4-15)31-10-11-34-14-21(31)32/h1-2,5,8-9,12,15,17,29H,3-4,6-7,10-11,13-14,27H2,(H,30,33). The van der Waals surface area contributed by atoms with Crippen LogP contribution in [-0.4, -0.2) is 54.0 Å². The molecular formula is C25H28ClN5O4. The summed E-state index contributed by atoms with van der Waals surface area (Å²) in [6.45, 7) is 2.16. The predicted molar refractivity (Wildman–Crippen MR) is 135 cm³/mol. The smallest absolute Gasteiger partial charge is 0.293 e. The van der Waals surface area contributed by atoms with Gasteiger partial charge in [0.15, 0.2) is 5.58 Å². The Morgan fingerprint density at radius 3 is 2.83 bits per heavy atom. The van der Waals surface area contributed by atoms with E-state index in [2.05, 4.69) is 15.6 Å². The van der Waals surface area contributed by atoms with Crippen molar-refractivity contribution < 1.29 is 18.7 Å². The van der Waals surface area contributed by atoms with Crippen molar-refractivity contribution >= 4 is 51.6 Å². The minimum Gasteiger partial charge on any atom is -0.447 e. The Morgan fingerprint density at radius 1 is 1.23 bits per heavy atom. The monoisotopic (exact) mass is 497 g/mol. The van der Waals surface area contributed by atoms with Gasteiger partial charge in [-0.15, -0.1) is 0 Å². The number of benzene rings is 1. The van der Waals surface area contributed by atoms with Gasteiger partial charge in [-0.1, -0.05) is 11.6 Å². The zero-order chi connectivity index (χ0) is 24.4. The van der Waals surface area contributed by atoms with Crippen LogP contribution >= 0.6 is 11.6 Å². The second kappa shape index (κ2) is 10.1. The summed E-state index contributed by atoms with van der Waals surface area (Å²) in [7, 11) is 0. The van der Waals surface area contributed by atoms with Gasteiger partial charge in [0, 0.05) is 31.0 Å². The number of anilines is 3. The molecule has 0 atom stereocenters. The molecule has 2 aromatic heterocycles. The molecule has 1 saturated carbocycles. The van der Waals surface area contributed by atoms with E-state index in [1.54, 1.807) is 36.5 Å². The normalized spacial score (nSPS) is 20.7. The van der Waals surface area contributed by atoms with E-state index in [-0.39, 0.29) is 24.3 Å². The van der Waals surface area contributed by atoms with Crippen molar-refractivity contribution in [3.05, 3.63) is 47.3 Å². The van der Waals surface area contributed by atoms with E-state index in [4.69, 9.17) is 26.5 Å². The number of rotatable bonds is 6. The second-order valence-electron chi connectivity index (χ2n) is 9.04. The summed E-state index contributed by atoms with van der Waals surface area (Å²) < 4.78 is 11.1. The number of morpholine rings is 1. The van der Waals surface area contributed by atoms with Crippen LogP contribution in [-0.2, 0) is 9.53 Å². The molecule has 0 bridgehead atoms. The fourth-order valence-corrected chi connectivity index (χ4v) is 5.00. The molecule has 3 heterocycles. The highest BCUT2D eigenvalue weighted by Gasteiger charge is 2.31. The summed E-state index contributed by atoms with van der Waals surface area (Å²) in [6, 6.07) is 8.76. The van der Waals surface area contributed by atoms with Gasteiger partial charge < -0.3 is 30.4 Å². The summed E-state index contributed by atoms with van der Waals surface area (Å²) in [5.74, 6) is 0.275. The third kappa shape index (κ3) is 5.06. The van der Waals surface area contributed by atoms with Crippen molar-refractivity contribution in [2.24, 2.45) is 5.92 Å². The molecular weight excluding hydrogens is 470 g/mol. The summed E-state index contributed by atoms with van der Waals surface area (Å²) in [6.07, 6.45) is 5.60. The van der Waals surface area contributed by atoms with E-state index in [9.17, 15) is 9.59 Å². The van der Waals surface area contributed by atoms with E-state index < -0.39 is 5.91 Å². The number of hydrogen-bond acceptors (Lipinski definition) is 7. The van der Waals surface area contributed by atoms with E-state index in [1.165, 1.54) is 0 Å². The molecule has 184 valence electrons. The minimum atomic E-state index is -0.401. The highest BCUT2D eigenvalue weighted by molar-refractivity contribution is 6.33. The van der Waals surface area contributed by atoms with Crippen LogP contribution in [0.1, 0.15) is 36.2 Å². The van der Waals surface area contributed by atoms with Crippen LogP contribution in [0.25, 0.3) is 11.1 Å². The van der Waals surface area contributed by atoms with Crippen LogP contribution < -0.4 is 16.4 Å². The van der Waals surface area contributed by atoms with Gasteiger partial charge in [0.05, 0.1) is 17.3 Å². The lowest BCUT2D eigenvalue weighted by atomic mass is 9.85. The molecule has 9 nitrogen and oxygen atoms in total. The molecule has 1 saturated heterocycles. The Labute approximate surface area is 207 Å². The lowest BCUT2D eigenvalue weighted by Gasteiger charge is -2.38. The summed E-state index contributed by atoms with van der Waals surface area (Å²) in [5.41, 5.74) is 8.48. The van der Waals surface area contributed by atoms with Crippen LogP contribution in [0.5, 0.6) is 0 Å². The van der Waals surface area contributed by atoms with Gasteiger partial charge in [-0.3, -0.25) is 14.6 Å². The van der Waals surface area contributed by atoms with Crippen LogP contribution in [0.3, 0.4) is 0 Å². The Kier molecular flexibility index (Phi) is 6.79. The molecule has 35 heavy (non-hydrogen) atoms. The number of nitrogens with zero attached hydrogens (tertiary/aromatic N) is 2. The molecule has 10 heteroatoms. The van der Waals surface area contributed by atoms with Crippen molar-refractivity contribution in [2.45, 2.75) is 31.7 Å². The number of amides is 2. The lowest BCUT2D eigenvalue weighted by molar-refractivity contribution is -0.146. The van der Waals surface area contributed by atoms with Crippen molar-refractivity contribution in [3.8, 4) is 0 Å². The van der Waals surface area contributed by atoms with Crippen molar-refractivity contribution in [3.63, 3.8) is 0 Å². The zero-order valence-electron chi connectivity index (χ0n) is 19.3. The fourth-order valence-electron chi connectivity index (χ4n) is 4.89. The van der Waals surface area contributed by atoms with E-state index in [0.29, 0.717) is 58.8 Å². The van der Waals surface area contributed by atoms with Gasteiger partial charge >= 0.3 is 0 Å². The first-order valence-electron chi connectivity index (χ1n) is 11.8. The molecule has 5 rings (SSSR count). The first kappa shape index (κ1) is 23.4. The van der Waals surface area contributed by atoms with Crippen LogP contribution in [0.4, 0.5) is 17.1 Å². The number of carbonyl (C=O) groups is 2. The summed E-state index contributed by atoms with van der Waals surface area (Å²) in [5, 5.41) is 6.68. The summed E-state index contributed by atoms with van der Waals surface area (Å²) in [4.78, 5) is 31.7. The fraction of sp³-hybridized carbons (Fsp3) is 0.400. The van der Waals surface area contributed by atoms with Gasteiger partial charge in [-0.05, 0) is 61.9 Å². The average molecular weight is 498 g/mol. The molecule has 1 aliphatic carbocycles. The first-order chi connectivity index (χ1) is 17.0. The van der Waals surface area contributed by atoms with Crippen molar-refractivity contribution in [1.82, 2.24) is 9.88 Å². The molecule has 1 aromatic carbocycles. The average Bonchev–Trinajstić information content (AvgIpc) is 3.24. The van der Waals surface area contributed by atoms with Gasteiger partial charge in [0.25, 0.3) is 5.91 Å². The zero-order valence-corrected chi connectivity index (χ0v) is 20.0. The Morgan fingerprint density at radius 2 is 2.06 bits per heavy atom. The maximum absolute atomic E-state index is 13.1. The molecule has 2 fully saturated rings. The van der Waals surface area contributed by atoms with Crippen molar-refractivity contribution in [1.29, 1.82) is 0 Å². The maximum atomic E-state index is 13.1. The van der Waals surface area contributed by atoms with E-state index >= 15 is 0 Å². The molecule has 3 aromatic rings. The minimum absolute atomic E-state index is 0.0897. The number of nitrogens with one attached hydrogen (secondary N) is 2. The number of aromatic nitrogens is 1. The maximum Gasteiger partial charge on any atom is 0.293 e. The molecule has 2 amide bonds. The van der Waals surface area contributed by atoms with Gasteiger partial charge in [0.2, 0.25) is 11.7 Å². The number of nitrogen functional groups attached to an aromatic ring is 1. The van der Waals surface area contributed by atoms with Crippen molar-refractivity contribution in [2.75, 3.05) is 42.7 Å². The number of fused-ring (bicyclic) bond motifs is 1. The molecule has 0 radical (unpaired) electrons. The molecule has 0 spiro atoms. The number of pyridine rings is 1. The predicted octanol–water partition coefficient (Wildman–Crippen LogP) is 4.15. The Balaban J connectivity index is 1.27. The third-order valence-corrected chi connectivity index (χ3v) is 7.10. The molecule has 0 unspecified atom stereocenters. The Hall–Kier alpha value is -3.30. The number of nitrogens with two attached hydrogens (primary N) is 1. The van der Waals surface area contributed by atoms with Gasteiger partial charge in [0.1, 0.15) is 17.8 Å². The third-order valence-electron chi connectivity index (χ3n) is 6.75. The number of halogens is 1. The first-order valence-corrected chi connectivity index (χ1v) is 12.2. The van der Waals surface area contributed by atoms with E-state index in [0.717, 1.165) is 25.7 Å². The highest BCUT2D eigenvalue weighted by Crippen LogP contribution is 2.33.